The van der Waals surface area contributed by atoms with Crippen molar-refractivity contribution < 1.29 is 15.0 Å². The molecule has 30 heavy (non-hydrogen) atoms. The van der Waals surface area contributed by atoms with Crippen LogP contribution in [0.4, 0.5) is 11.4 Å². The van der Waals surface area contributed by atoms with E-state index in [1.807, 2.05) is 12.1 Å². The number of amides is 1. The van der Waals surface area contributed by atoms with Crippen molar-refractivity contribution >= 4 is 61.5 Å². The number of aromatic hydroxyl groups is 1. The van der Waals surface area contributed by atoms with E-state index in [9.17, 15) is 9.90 Å². The van der Waals surface area contributed by atoms with E-state index in [0.29, 0.717) is 11.7 Å². The van der Waals surface area contributed by atoms with Gasteiger partial charge in [-0.2, -0.15) is 0 Å². The molecule has 0 radical (unpaired) electrons. The molecule has 2 aromatic carbocycles. The van der Waals surface area contributed by atoms with Crippen molar-refractivity contribution in [2.24, 2.45) is 0 Å². The Labute approximate surface area is 200 Å². The zero-order valence-corrected chi connectivity index (χ0v) is 20.7. The second-order valence-electron chi connectivity index (χ2n) is 7.07. The van der Waals surface area contributed by atoms with Crippen molar-refractivity contribution in [1.29, 1.82) is 0 Å². The van der Waals surface area contributed by atoms with Gasteiger partial charge in [-0.1, -0.05) is 15.9 Å². The summed E-state index contributed by atoms with van der Waals surface area (Å²) in [7, 11) is 0. The Morgan fingerprint density at radius 2 is 1.73 bits per heavy atom. The van der Waals surface area contributed by atoms with Crippen molar-refractivity contribution in [3.8, 4) is 5.75 Å². The van der Waals surface area contributed by atoms with Gasteiger partial charge in [0.05, 0.1) is 11.8 Å². The predicted octanol–water partition coefficient (Wildman–Crippen LogP) is 4.96. The van der Waals surface area contributed by atoms with E-state index < -0.39 is 0 Å². The number of hydrogen-bond donors (Lipinski definition) is 5. The number of phenols is 1. The highest BCUT2D eigenvalue weighted by Crippen LogP contribution is 2.28. The fourth-order valence-corrected chi connectivity index (χ4v) is 4.38. The third-order valence-corrected chi connectivity index (χ3v) is 5.76. The normalized spacial score (nSPS) is 17.9. The number of benzene rings is 2. The highest BCUT2D eigenvalue weighted by Gasteiger charge is 2.19. The van der Waals surface area contributed by atoms with Gasteiger partial charge in [-0.3, -0.25) is 4.79 Å². The first kappa shape index (κ1) is 26.7. The first-order valence-electron chi connectivity index (χ1n) is 9.46. The number of nitrogen functional groups attached to an aromatic ring is 1. The molecule has 2 aromatic rings. The minimum absolute atomic E-state index is 0. The number of carbonyl (C=O) groups excluding carboxylic acids is 1. The molecule has 166 valence electrons. The molecular formula is C21H28Br2ClN3O3. The van der Waals surface area contributed by atoms with Crippen LogP contribution in [-0.2, 0) is 11.3 Å². The molecule has 9 heteroatoms. The largest absolute Gasteiger partial charge is 0.508 e. The van der Waals surface area contributed by atoms with E-state index in [-0.39, 0.29) is 30.2 Å². The summed E-state index contributed by atoms with van der Waals surface area (Å²) in [6, 6.07) is 10.8. The molecule has 0 aliphatic heterocycles. The van der Waals surface area contributed by atoms with Crippen LogP contribution >= 0.6 is 44.3 Å². The van der Waals surface area contributed by atoms with E-state index in [4.69, 9.17) is 10.8 Å². The first-order chi connectivity index (χ1) is 13.7. The second kappa shape index (κ2) is 13.2. The lowest BCUT2D eigenvalue weighted by Crippen LogP contribution is -2.34. The number of rotatable bonds is 4. The summed E-state index contributed by atoms with van der Waals surface area (Å²) in [6.45, 7) is 2.21. The van der Waals surface area contributed by atoms with Gasteiger partial charge < -0.3 is 26.6 Å². The quantitative estimate of drug-likeness (QED) is 0.266. The summed E-state index contributed by atoms with van der Waals surface area (Å²) < 4.78 is 1.95. The summed E-state index contributed by atoms with van der Waals surface area (Å²) in [6.07, 6.45) is 3.77. The molecule has 0 saturated heterocycles. The first-order valence-corrected chi connectivity index (χ1v) is 11.0. The summed E-state index contributed by atoms with van der Waals surface area (Å²) >= 11 is 6.93. The van der Waals surface area contributed by atoms with Gasteiger partial charge >= 0.3 is 0 Å². The Balaban J connectivity index is 0.000000324. The summed E-state index contributed by atoms with van der Waals surface area (Å²) in [4.78, 5) is 10.5. The minimum Gasteiger partial charge on any atom is -0.508 e. The van der Waals surface area contributed by atoms with Gasteiger partial charge in [0.15, 0.2) is 0 Å². The van der Waals surface area contributed by atoms with Gasteiger partial charge in [-0.05, 0) is 83.6 Å². The standard InChI is InChI=1S/C13H18Br2N2O.C8H9NO2.ClH/c14-9-5-8(13(16)12(15)6-9)7-17-10-1-3-11(18)4-2-10;1-6(10)9-7-2-4-8(11)5-3-7;/h5-6,10-11,17-18H,1-4,7,16H2;2-5,11H,1H3,(H,9,10);1H. The molecule has 1 saturated carbocycles. The Morgan fingerprint density at radius 3 is 2.30 bits per heavy atom. The molecule has 0 unspecified atom stereocenters. The molecule has 3 rings (SSSR count). The molecule has 6 nitrogen and oxygen atoms in total. The SMILES string of the molecule is CC(=O)Nc1ccc(O)cc1.Cl.Nc1c(Br)cc(Br)cc1CNC1CCC(O)CC1. The Bertz CT molecular complexity index is 814. The van der Waals surface area contributed by atoms with Crippen LogP contribution in [0, 0.1) is 0 Å². The van der Waals surface area contributed by atoms with E-state index in [2.05, 4.69) is 42.5 Å². The van der Waals surface area contributed by atoms with Crippen molar-refractivity contribution in [1.82, 2.24) is 5.32 Å². The van der Waals surface area contributed by atoms with E-state index in [1.54, 1.807) is 12.1 Å². The number of anilines is 2. The second-order valence-corrected chi connectivity index (χ2v) is 8.84. The van der Waals surface area contributed by atoms with Gasteiger partial charge in [0.1, 0.15) is 5.75 Å². The lowest BCUT2D eigenvalue weighted by atomic mass is 9.93. The maximum absolute atomic E-state index is 10.5. The Hall–Kier alpha value is -1.32. The van der Waals surface area contributed by atoms with Crippen LogP contribution in [0.2, 0.25) is 0 Å². The Kier molecular flexibility index (Phi) is 11.7. The van der Waals surface area contributed by atoms with Crippen LogP contribution < -0.4 is 16.4 Å². The van der Waals surface area contributed by atoms with Gasteiger partial charge in [0.2, 0.25) is 5.91 Å². The number of phenolic OH excluding ortho intramolecular Hbond substituents is 1. The van der Waals surface area contributed by atoms with Crippen molar-refractivity contribution in [2.45, 2.75) is 51.3 Å². The number of hydrogen-bond acceptors (Lipinski definition) is 5. The fraction of sp³-hybridized carbons (Fsp3) is 0.381. The van der Waals surface area contributed by atoms with Crippen molar-refractivity contribution in [3.63, 3.8) is 0 Å². The topological polar surface area (TPSA) is 108 Å². The number of nitrogens with two attached hydrogens (primary N) is 1. The number of carbonyl (C=O) groups is 1. The molecule has 1 aliphatic rings. The molecule has 0 aromatic heterocycles. The molecule has 1 aliphatic carbocycles. The molecule has 0 atom stereocenters. The Morgan fingerprint density at radius 1 is 1.13 bits per heavy atom. The van der Waals surface area contributed by atoms with Crippen molar-refractivity contribution in [2.75, 3.05) is 11.1 Å². The predicted molar refractivity (Wildman–Crippen MR) is 131 cm³/mol. The smallest absolute Gasteiger partial charge is 0.221 e. The maximum atomic E-state index is 10.5. The molecule has 1 amide bonds. The van der Waals surface area contributed by atoms with Crippen LogP contribution in [0.25, 0.3) is 0 Å². The molecule has 0 bridgehead atoms. The van der Waals surface area contributed by atoms with Crippen molar-refractivity contribution in [3.05, 3.63) is 50.9 Å². The number of halogens is 3. The number of aliphatic hydroxyl groups excluding tert-OH is 1. The lowest BCUT2D eigenvalue weighted by Gasteiger charge is -2.26. The maximum Gasteiger partial charge on any atom is 0.221 e. The highest BCUT2D eigenvalue weighted by molar-refractivity contribution is 9.11. The van der Waals surface area contributed by atoms with Gasteiger partial charge in [-0.25, -0.2) is 0 Å². The van der Waals surface area contributed by atoms with E-state index in [0.717, 1.165) is 52.4 Å². The average Bonchev–Trinajstić information content (AvgIpc) is 2.67. The number of nitrogens with one attached hydrogen (secondary N) is 2. The monoisotopic (exact) mass is 563 g/mol. The van der Waals surface area contributed by atoms with Crippen LogP contribution in [-0.4, -0.2) is 28.3 Å². The van der Waals surface area contributed by atoms with E-state index >= 15 is 0 Å². The fourth-order valence-electron chi connectivity index (χ4n) is 3.07. The highest BCUT2D eigenvalue weighted by atomic mass is 79.9. The van der Waals surface area contributed by atoms with Crippen LogP contribution in [0.5, 0.6) is 5.75 Å². The van der Waals surface area contributed by atoms with Crippen LogP contribution in [0.1, 0.15) is 38.2 Å². The minimum atomic E-state index is -0.115. The van der Waals surface area contributed by atoms with Gasteiger partial charge in [0, 0.05) is 34.1 Å². The summed E-state index contributed by atoms with van der Waals surface area (Å²) in [5.41, 5.74) is 8.62. The average molecular weight is 566 g/mol. The molecule has 1 fully saturated rings. The van der Waals surface area contributed by atoms with Crippen LogP contribution in [0.3, 0.4) is 0 Å². The third-order valence-electron chi connectivity index (χ3n) is 4.65. The third kappa shape index (κ3) is 9.22. The van der Waals surface area contributed by atoms with Crippen LogP contribution in [0.15, 0.2) is 45.3 Å². The van der Waals surface area contributed by atoms with Gasteiger partial charge in [0.25, 0.3) is 0 Å². The summed E-state index contributed by atoms with van der Waals surface area (Å²) in [5.74, 6) is 0.0785. The molecule has 0 heterocycles. The van der Waals surface area contributed by atoms with Gasteiger partial charge in [-0.15, -0.1) is 12.4 Å². The lowest BCUT2D eigenvalue weighted by molar-refractivity contribution is -0.114. The van der Waals surface area contributed by atoms with E-state index in [1.165, 1.54) is 19.1 Å². The zero-order chi connectivity index (χ0) is 21.4. The molecular weight excluding hydrogens is 538 g/mol. The number of aliphatic hydroxyl groups is 1. The molecule has 6 N–H and O–H groups in total. The molecule has 0 spiro atoms. The summed E-state index contributed by atoms with van der Waals surface area (Å²) in [5, 5.41) is 24.4. The zero-order valence-electron chi connectivity index (χ0n) is 16.7.